The molecule has 0 aliphatic heterocycles. The predicted octanol–water partition coefficient (Wildman–Crippen LogP) is 5.07. The molecule has 2 N–H and O–H groups in total. The molecule has 1 aromatic heterocycles. The summed E-state index contributed by atoms with van der Waals surface area (Å²) in [5.74, 6) is 0.899. The van der Waals surface area contributed by atoms with Crippen LogP contribution in [0.4, 0.5) is 17.2 Å². The van der Waals surface area contributed by atoms with E-state index < -0.39 is 0 Å². The molecule has 0 aliphatic carbocycles. The fourth-order valence-electron chi connectivity index (χ4n) is 2.78. The zero-order chi connectivity index (χ0) is 17.5. The van der Waals surface area contributed by atoms with Gasteiger partial charge in [-0.3, -0.25) is 4.79 Å². The standard InChI is InChI=1S/C20H27N3O/c1-5-15(6-2)20(24)22-17-11-12-18(21-13-17)23-19-14(4)9-8-10-16(19)7-3/h8-13,15H,5-7H2,1-4H3,(H,21,23)(H,22,24). The van der Waals surface area contributed by atoms with E-state index in [1.54, 1.807) is 6.20 Å². The van der Waals surface area contributed by atoms with Crippen molar-refractivity contribution in [2.45, 2.75) is 47.0 Å². The molecular weight excluding hydrogens is 298 g/mol. The Balaban J connectivity index is 2.09. The number of carbonyl (C=O) groups excluding carboxylic acids is 1. The van der Waals surface area contributed by atoms with Gasteiger partial charge in [-0.2, -0.15) is 0 Å². The number of hydrogen-bond acceptors (Lipinski definition) is 3. The van der Waals surface area contributed by atoms with E-state index in [1.165, 1.54) is 11.1 Å². The molecule has 0 spiro atoms. The number of aromatic nitrogens is 1. The molecule has 0 radical (unpaired) electrons. The first-order valence-corrected chi connectivity index (χ1v) is 8.71. The number of benzene rings is 1. The van der Waals surface area contributed by atoms with Crippen LogP contribution in [0.2, 0.25) is 0 Å². The molecule has 0 aliphatic rings. The zero-order valence-electron chi connectivity index (χ0n) is 15.0. The van der Waals surface area contributed by atoms with Gasteiger partial charge in [0.15, 0.2) is 0 Å². The van der Waals surface area contributed by atoms with Gasteiger partial charge in [-0.1, -0.05) is 39.0 Å². The minimum atomic E-state index is 0.0573. The van der Waals surface area contributed by atoms with E-state index >= 15 is 0 Å². The number of hydrogen-bond donors (Lipinski definition) is 2. The summed E-state index contributed by atoms with van der Waals surface area (Å²) in [6, 6.07) is 10.1. The number of rotatable bonds is 7. The van der Waals surface area contributed by atoms with E-state index in [9.17, 15) is 4.79 Å². The second kappa shape index (κ2) is 8.48. The quantitative estimate of drug-likeness (QED) is 0.747. The Morgan fingerprint density at radius 2 is 1.88 bits per heavy atom. The minimum absolute atomic E-state index is 0.0573. The molecule has 0 atom stereocenters. The lowest BCUT2D eigenvalue weighted by Crippen LogP contribution is -2.21. The first-order chi connectivity index (χ1) is 11.6. The van der Waals surface area contributed by atoms with Crippen LogP contribution in [0.5, 0.6) is 0 Å². The van der Waals surface area contributed by atoms with Gasteiger partial charge in [-0.25, -0.2) is 4.98 Å². The third-order valence-electron chi connectivity index (χ3n) is 4.38. The summed E-state index contributed by atoms with van der Waals surface area (Å²) in [5, 5.41) is 6.33. The van der Waals surface area contributed by atoms with Crippen molar-refractivity contribution in [2.24, 2.45) is 5.92 Å². The third kappa shape index (κ3) is 4.34. The molecule has 128 valence electrons. The van der Waals surface area contributed by atoms with Crippen molar-refractivity contribution in [1.82, 2.24) is 4.98 Å². The van der Waals surface area contributed by atoms with Crippen LogP contribution in [0, 0.1) is 12.8 Å². The van der Waals surface area contributed by atoms with Crippen molar-refractivity contribution >= 4 is 23.1 Å². The van der Waals surface area contributed by atoms with Gasteiger partial charge in [0.1, 0.15) is 5.82 Å². The number of para-hydroxylation sites is 1. The van der Waals surface area contributed by atoms with Gasteiger partial charge in [-0.15, -0.1) is 0 Å². The van der Waals surface area contributed by atoms with Crippen molar-refractivity contribution < 1.29 is 4.79 Å². The molecule has 0 unspecified atom stereocenters. The highest BCUT2D eigenvalue weighted by molar-refractivity contribution is 5.92. The van der Waals surface area contributed by atoms with Crippen LogP contribution < -0.4 is 10.6 Å². The topological polar surface area (TPSA) is 54.0 Å². The first kappa shape index (κ1) is 18.0. The fourth-order valence-corrected chi connectivity index (χ4v) is 2.78. The Hall–Kier alpha value is -2.36. The molecule has 4 heteroatoms. The van der Waals surface area contributed by atoms with Gasteiger partial charge in [-0.05, 0) is 49.4 Å². The highest BCUT2D eigenvalue weighted by Gasteiger charge is 2.14. The molecule has 0 bridgehead atoms. The van der Waals surface area contributed by atoms with Crippen LogP contribution in [0.15, 0.2) is 36.5 Å². The Kier molecular flexibility index (Phi) is 6.36. The SMILES string of the molecule is CCc1cccc(C)c1Nc1ccc(NC(=O)C(CC)CC)cn1. The average Bonchev–Trinajstić information content (AvgIpc) is 2.59. The Morgan fingerprint density at radius 1 is 1.12 bits per heavy atom. The number of nitrogens with zero attached hydrogens (tertiary/aromatic N) is 1. The van der Waals surface area contributed by atoms with Crippen LogP contribution in [0.1, 0.15) is 44.7 Å². The fraction of sp³-hybridized carbons (Fsp3) is 0.400. The van der Waals surface area contributed by atoms with Crippen LogP contribution in [-0.4, -0.2) is 10.9 Å². The van der Waals surface area contributed by atoms with E-state index in [0.717, 1.165) is 36.5 Å². The van der Waals surface area contributed by atoms with Crippen molar-refractivity contribution in [3.05, 3.63) is 47.7 Å². The van der Waals surface area contributed by atoms with Crippen LogP contribution >= 0.6 is 0 Å². The summed E-state index contributed by atoms with van der Waals surface area (Å²) in [6.45, 7) is 8.30. The lowest BCUT2D eigenvalue weighted by Gasteiger charge is -2.15. The Labute approximate surface area is 144 Å². The van der Waals surface area contributed by atoms with Gasteiger partial charge >= 0.3 is 0 Å². The average molecular weight is 325 g/mol. The molecule has 24 heavy (non-hydrogen) atoms. The van der Waals surface area contributed by atoms with Gasteiger partial charge in [0.25, 0.3) is 0 Å². The van der Waals surface area contributed by atoms with Gasteiger partial charge in [0.2, 0.25) is 5.91 Å². The third-order valence-corrected chi connectivity index (χ3v) is 4.38. The molecule has 4 nitrogen and oxygen atoms in total. The van der Waals surface area contributed by atoms with Crippen molar-refractivity contribution in [1.29, 1.82) is 0 Å². The predicted molar refractivity (Wildman–Crippen MR) is 101 cm³/mol. The smallest absolute Gasteiger partial charge is 0.227 e. The number of amides is 1. The second-order valence-electron chi connectivity index (χ2n) is 6.02. The van der Waals surface area contributed by atoms with Crippen LogP contribution in [0.3, 0.4) is 0 Å². The lowest BCUT2D eigenvalue weighted by atomic mass is 10.0. The Bertz CT molecular complexity index is 676. The molecule has 0 saturated carbocycles. The van der Waals surface area contributed by atoms with Crippen LogP contribution in [-0.2, 0) is 11.2 Å². The number of nitrogens with one attached hydrogen (secondary N) is 2. The van der Waals surface area contributed by atoms with Gasteiger partial charge < -0.3 is 10.6 Å². The summed E-state index contributed by atoms with van der Waals surface area (Å²) in [5.41, 5.74) is 4.31. The van der Waals surface area contributed by atoms with Crippen LogP contribution in [0.25, 0.3) is 0 Å². The number of anilines is 3. The molecule has 0 saturated heterocycles. The van der Waals surface area contributed by atoms with E-state index in [2.05, 4.69) is 47.7 Å². The monoisotopic (exact) mass is 325 g/mol. The number of carbonyl (C=O) groups is 1. The van der Waals surface area contributed by atoms with Crippen molar-refractivity contribution in [2.75, 3.05) is 10.6 Å². The molecule has 2 rings (SSSR count). The largest absolute Gasteiger partial charge is 0.340 e. The highest BCUT2D eigenvalue weighted by Crippen LogP contribution is 2.25. The maximum absolute atomic E-state index is 12.1. The summed E-state index contributed by atoms with van der Waals surface area (Å²) in [4.78, 5) is 16.6. The zero-order valence-corrected chi connectivity index (χ0v) is 15.0. The van der Waals surface area contributed by atoms with E-state index in [-0.39, 0.29) is 11.8 Å². The number of pyridine rings is 1. The van der Waals surface area contributed by atoms with Gasteiger partial charge in [0.05, 0.1) is 11.9 Å². The first-order valence-electron chi connectivity index (χ1n) is 8.71. The normalized spacial score (nSPS) is 10.7. The minimum Gasteiger partial charge on any atom is -0.340 e. The van der Waals surface area contributed by atoms with E-state index in [0.29, 0.717) is 0 Å². The van der Waals surface area contributed by atoms with E-state index in [4.69, 9.17) is 0 Å². The maximum Gasteiger partial charge on any atom is 0.227 e. The molecular formula is C20H27N3O. The highest BCUT2D eigenvalue weighted by atomic mass is 16.1. The lowest BCUT2D eigenvalue weighted by molar-refractivity contribution is -0.120. The van der Waals surface area contributed by atoms with Crippen molar-refractivity contribution in [3.8, 4) is 0 Å². The maximum atomic E-state index is 12.1. The summed E-state index contributed by atoms with van der Waals surface area (Å²) >= 11 is 0. The molecule has 1 heterocycles. The summed E-state index contributed by atoms with van der Waals surface area (Å²) in [6.07, 6.45) is 4.37. The van der Waals surface area contributed by atoms with E-state index in [1.807, 2.05) is 26.0 Å². The summed E-state index contributed by atoms with van der Waals surface area (Å²) < 4.78 is 0. The van der Waals surface area contributed by atoms with Crippen molar-refractivity contribution in [3.63, 3.8) is 0 Å². The molecule has 2 aromatic rings. The molecule has 1 aromatic carbocycles. The molecule has 0 fully saturated rings. The second-order valence-corrected chi connectivity index (χ2v) is 6.02. The summed E-state index contributed by atoms with van der Waals surface area (Å²) in [7, 11) is 0. The number of aryl methyl sites for hydroxylation is 2. The molecule has 1 amide bonds. The Morgan fingerprint density at radius 3 is 2.46 bits per heavy atom. The van der Waals surface area contributed by atoms with Gasteiger partial charge in [0, 0.05) is 11.6 Å².